The van der Waals surface area contributed by atoms with Gasteiger partial charge in [-0.3, -0.25) is 14.5 Å². The summed E-state index contributed by atoms with van der Waals surface area (Å²) in [7, 11) is 0. The third kappa shape index (κ3) is 4.64. The first kappa shape index (κ1) is 16.6. The van der Waals surface area contributed by atoms with E-state index in [2.05, 4.69) is 22.3 Å². The average molecular weight is 328 g/mol. The van der Waals surface area contributed by atoms with Gasteiger partial charge in [0.25, 0.3) is 5.91 Å². The Kier molecular flexibility index (Phi) is 5.59. The highest BCUT2D eigenvalue weighted by molar-refractivity contribution is 5.90. The van der Waals surface area contributed by atoms with Crippen LogP contribution in [0.2, 0.25) is 0 Å². The fourth-order valence-electron chi connectivity index (χ4n) is 3.08. The van der Waals surface area contributed by atoms with Gasteiger partial charge in [-0.2, -0.15) is 5.10 Å². The zero-order chi connectivity index (χ0) is 16.8. The normalized spacial score (nSPS) is 20.7. The number of carbonyl (C=O) groups is 1. The molecule has 1 saturated carbocycles. The summed E-state index contributed by atoms with van der Waals surface area (Å²) < 4.78 is 7.56. The van der Waals surface area contributed by atoms with Crippen LogP contribution in [0.3, 0.4) is 0 Å². The minimum Gasteiger partial charge on any atom is -0.368 e. The number of nitrogens with one attached hydrogen (secondary N) is 1. The zero-order valence-electron chi connectivity index (χ0n) is 14.0. The molecule has 2 aromatic heterocycles. The summed E-state index contributed by atoms with van der Waals surface area (Å²) in [4.78, 5) is 16.0. The highest BCUT2D eigenvalue weighted by Gasteiger charge is 2.22. The second-order valence-corrected chi connectivity index (χ2v) is 6.41. The molecule has 2 heterocycles. The van der Waals surface area contributed by atoms with Crippen LogP contribution in [-0.2, 0) is 16.1 Å². The Hall–Kier alpha value is -2.21. The lowest BCUT2D eigenvalue weighted by molar-refractivity contribution is -0.124. The van der Waals surface area contributed by atoms with E-state index in [-0.39, 0.29) is 18.6 Å². The van der Waals surface area contributed by atoms with Gasteiger partial charge in [-0.05, 0) is 36.5 Å². The number of amides is 1. The molecule has 6 nitrogen and oxygen atoms in total. The number of pyridine rings is 1. The van der Waals surface area contributed by atoms with Crippen LogP contribution in [0.25, 0.3) is 0 Å². The molecule has 1 fully saturated rings. The van der Waals surface area contributed by atoms with E-state index < -0.39 is 0 Å². The second-order valence-electron chi connectivity index (χ2n) is 6.41. The van der Waals surface area contributed by atoms with Gasteiger partial charge in [-0.25, -0.2) is 0 Å². The molecule has 1 aliphatic rings. The Bertz CT molecular complexity index is 656. The first-order valence-corrected chi connectivity index (χ1v) is 8.54. The van der Waals surface area contributed by atoms with Crippen molar-refractivity contribution in [1.29, 1.82) is 0 Å². The van der Waals surface area contributed by atoms with Gasteiger partial charge in [-0.1, -0.05) is 19.8 Å². The van der Waals surface area contributed by atoms with Gasteiger partial charge in [0, 0.05) is 24.7 Å². The summed E-state index contributed by atoms with van der Waals surface area (Å²) in [5.74, 6) is 0.933. The van der Waals surface area contributed by atoms with Gasteiger partial charge >= 0.3 is 0 Å². The van der Waals surface area contributed by atoms with E-state index >= 15 is 0 Å². The molecule has 1 aliphatic carbocycles. The SMILES string of the molecule is C[C@H]1CCCC[C@H]1OCC(=O)Nc1ccn(Cc2ccncc2)n1. The van der Waals surface area contributed by atoms with Crippen molar-refractivity contribution < 1.29 is 9.53 Å². The number of anilines is 1. The van der Waals surface area contributed by atoms with Crippen LogP contribution in [0.1, 0.15) is 38.2 Å². The van der Waals surface area contributed by atoms with Crippen LogP contribution in [0.4, 0.5) is 5.82 Å². The Balaban J connectivity index is 1.46. The first-order valence-electron chi connectivity index (χ1n) is 8.54. The molecule has 0 aliphatic heterocycles. The Labute approximate surface area is 142 Å². The summed E-state index contributed by atoms with van der Waals surface area (Å²) in [6.07, 6.45) is 10.3. The van der Waals surface area contributed by atoms with E-state index in [9.17, 15) is 4.79 Å². The van der Waals surface area contributed by atoms with Crippen LogP contribution >= 0.6 is 0 Å². The van der Waals surface area contributed by atoms with Crippen molar-refractivity contribution in [2.75, 3.05) is 11.9 Å². The summed E-state index contributed by atoms with van der Waals surface area (Å²) in [5.41, 5.74) is 1.11. The minimum atomic E-state index is -0.151. The Morgan fingerprint density at radius 3 is 2.88 bits per heavy atom. The zero-order valence-corrected chi connectivity index (χ0v) is 14.0. The van der Waals surface area contributed by atoms with Gasteiger partial charge in [0.15, 0.2) is 5.82 Å². The second kappa shape index (κ2) is 8.06. The minimum absolute atomic E-state index is 0.0895. The summed E-state index contributed by atoms with van der Waals surface area (Å²) in [5, 5.41) is 7.16. The van der Waals surface area contributed by atoms with Crippen LogP contribution in [0.5, 0.6) is 0 Å². The van der Waals surface area contributed by atoms with Crippen LogP contribution < -0.4 is 5.32 Å². The molecule has 0 aromatic carbocycles. The predicted octanol–water partition coefficient (Wildman–Crippen LogP) is 2.86. The van der Waals surface area contributed by atoms with Crippen LogP contribution in [-0.4, -0.2) is 33.4 Å². The molecule has 128 valence electrons. The molecular formula is C18H24N4O2. The standard InChI is InChI=1S/C18H24N4O2/c1-14-4-2-3-5-16(14)24-13-18(23)20-17-8-11-22(21-17)12-15-6-9-19-10-7-15/h6-11,14,16H,2-5,12-13H2,1H3,(H,20,21,23)/t14-,16+/m0/s1. The van der Waals surface area contributed by atoms with E-state index in [1.807, 2.05) is 18.3 Å². The number of rotatable bonds is 6. The monoisotopic (exact) mass is 328 g/mol. The van der Waals surface area contributed by atoms with Crippen LogP contribution in [0.15, 0.2) is 36.8 Å². The highest BCUT2D eigenvalue weighted by Crippen LogP contribution is 2.26. The van der Waals surface area contributed by atoms with Crippen LogP contribution in [0, 0.1) is 5.92 Å². The number of hydrogen-bond donors (Lipinski definition) is 1. The molecule has 6 heteroatoms. The average Bonchev–Trinajstić information content (AvgIpc) is 3.02. The van der Waals surface area contributed by atoms with E-state index in [1.54, 1.807) is 23.1 Å². The van der Waals surface area contributed by atoms with Crippen molar-refractivity contribution in [3.63, 3.8) is 0 Å². The summed E-state index contributed by atoms with van der Waals surface area (Å²) in [6, 6.07) is 5.68. The number of ether oxygens (including phenoxy) is 1. The van der Waals surface area contributed by atoms with Gasteiger partial charge in [-0.15, -0.1) is 0 Å². The van der Waals surface area contributed by atoms with E-state index in [4.69, 9.17) is 4.74 Å². The van der Waals surface area contributed by atoms with Crippen molar-refractivity contribution in [3.8, 4) is 0 Å². The molecule has 0 spiro atoms. The quantitative estimate of drug-likeness (QED) is 0.885. The summed E-state index contributed by atoms with van der Waals surface area (Å²) in [6.45, 7) is 2.93. The lowest BCUT2D eigenvalue weighted by Crippen LogP contribution is -2.29. The third-order valence-electron chi connectivity index (χ3n) is 4.46. The van der Waals surface area contributed by atoms with Gasteiger partial charge in [0.05, 0.1) is 12.6 Å². The molecular weight excluding hydrogens is 304 g/mol. The van der Waals surface area contributed by atoms with Crippen molar-refractivity contribution >= 4 is 11.7 Å². The lowest BCUT2D eigenvalue weighted by Gasteiger charge is -2.28. The van der Waals surface area contributed by atoms with Crippen molar-refractivity contribution in [2.24, 2.45) is 5.92 Å². The smallest absolute Gasteiger partial charge is 0.251 e. The molecule has 0 radical (unpaired) electrons. The Morgan fingerprint density at radius 1 is 1.29 bits per heavy atom. The molecule has 2 atom stereocenters. The molecule has 2 aromatic rings. The van der Waals surface area contributed by atoms with Crippen molar-refractivity contribution in [1.82, 2.24) is 14.8 Å². The fraction of sp³-hybridized carbons (Fsp3) is 0.500. The maximum Gasteiger partial charge on any atom is 0.251 e. The molecule has 0 bridgehead atoms. The van der Waals surface area contributed by atoms with E-state index in [0.717, 1.165) is 12.0 Å². The Morgan fingerprint density at radius 2 is 2.08 bits per heavy atom. The maximum absolute atomic E-state index is 12.0. The fourth-order valence-corrected chi connectivity index (χ4v) is 3.08. The molecule has 1 N–H and O–H groups in total. The number of carbonyl (C=O) groups excluding carboxylic acids is 1. The largest absolute Gasteiger partial charge is 0.368 e. The molecule has 1 amide bonds. The van der Waals surface area contributed by atoms with Gasteiger partial charge < -0.3 is 10.1 Å². The number of hydrogen-bond acceptors (Lipinski definition) is 4. The molecule has 0 unspecified atom stereocenters. The number of aromatic nitrogens is 3. The first-order chi connectivity index (χ1) is 11.7. The predicted molar refractivity (Wildman–Crippen MR) is 91.6 cm³/mol. The highest BCUT2D eigenvalue weighted by atomic mass is 16.5. The topological polar surface area (TPSA) is 69.0 Å². The van der Waals surface area contributed by atoms with Crippen molar-refractivity contribution in [3.05, 3.63) is 42.4 Å². The summed E-state index contributed by atoms with van der Waals surface area (Å²) >= 11 is 0. The van der Waals surface area contributed by atoms with Gasteiger partial charge in [0.2, 0.25) is 0 Å². The van der Waals surface area contributed by atoms with E-state index in [1.165, 1.54) is 19.3 Å². The lowest BCUT2D eigenvalue weighted by atomic mass is 9.88. The molecule has 24 heavy (non-hydrogen) atoms. The number of nitrogens with zero attached hydrogens (tertiary/aromatic N) is 3. The molecule has 0 saturated heterocycles. The third-order valence-corrected chi connectivity index (χ3v) is 4.46. The van der Waals surface area contributed by atoms with Gasteiger partial charge in [0.1, 0.15) is 6.61 Å². The molecule has 3 rings (SSSR count). The van der Waals surface area contributed by atoms with E-state index in [0.29, 0.717) is 18.3 Å². The van der Waals surface area contributed by atoms with Crippen molar-refractivity contribution in [2.45, 2.75) is 45.3 Å². The maximum atomic E-state index is 12.0.